The van der Waals surface area contributed by atoms with Crippen molar-refractivity contribution in [3.8, 4) is 0 Å². The second-order valence-electron chi connectivity index (χ2n) is 3.77. The molecule has 0 unspecified atom stereocenters. The summed E-state index contributed by atoms with van der Waals surface area (Å²) in [7, 11) is 1.66. The Kier molecular flexibility index (Phi) is 5.42. The number of hydrogen-bond acceptors (Lipinski definition) is 4. The molecule has 17 heavy (non-hydrogen) atoms. The van der Waals surface area contributed by atoms with Gasteiger partial charge in [0.1, 0.15) is 5.82 Å². The van der Waals surface area contributed by atoms with Gasteiger partial charge in [-0.05, 0) is 18.6 Å². The molecule has 1 aromatic rings. The van der Waals surface area contributed by atoms with Crippen LogP contribution in [-0.4, -0.2) is 31.2 Å². The monoisotopic (exact) mass is 237 g/mol. The maximum absolute atomic E-state index is 10.8. The zero-order chi connectivity index (χ0) is 12.7. The lowest BCUT2D eigenvalue weighted by molar-refractivity contribution is -0.119. The Hall–Kier alpha value is -1.62. The van der Waals surface area contributed by atoms with E-state index < -0.39 is 0 Å². The van der Waals surface area contributed by atoms with Crippen LogP contribution >= 0.6 is 0 Å². The molecule has 0 aliphatic heterocycles. The van der Waals surface area contributed by atoms with Crippen molar-refractivity contribution in [2.45, 2.75) is 20.4 Å². The van der Waals surface area contributed by atoms with E-state index in [0.717, 1.165) is 23.6 Å². The number of pyridine rings is 1. The zero-order valence-electron chi connectivity index (χ0n) is 10.5. The van der Waals surface area contributed by atoms with E-state index in [1.54, 1.807) is 7.11 Å². The molecule has 0 fully saturated rings. The molecule has 0 saturated carbocycles. The molecule has 0 spiro atoms. The Labute approximate surface area is 102 Å². The molecule has 1 amide bonds. The number of methoxy groups -OCH3 is 1. The topological polar surface area (TPSA) is 63.2 Å². The van der Waals surface area contributed by atoms with E-state index in [4.69, 9.17) is 4.74 Å². The summed E-state index contributed by atoms with van der Waals surface area (Å²) in [4.78, 5) is 15.2. The molecule has 5 nitrogen and oxygen atoms in total. The fraction of sp³-hybridized carbons (Fsp3) is 0.500. The lowest BCUT2D eigenvalue weighted by Crippen LogP contribution is -2.20. The summed E-state index contributed by atoms with van der Waals surface area (Å²) in [6.45, 7) is 5.33. The molecule has 94 valence electrons. The highest BCUT2D eigenvalue weighted by atomic mass is 16.5. The van der Waals surface area contributed by atoms with Crippen LogP contribution in [-0.2, 0) is 16.1 Å². The minimum atomic E-state index is -0.0355. The molecule has 0 bridgehead atoms. The molecule has 1 aromatic heterocycles. The average molecular weight is 237 g/mol. The molecule has 1 heterocycles. The van der Waals surface area contributed by atoms with Gasteiger partial charge < -0.3 is 15.4 Å². The number of hydrogen-bond donors (Lipinski definition) is 2. The van der Waals surface area contributed by atoms with Crippen molar-refractivity contribution in [3.63, 3.8) is 0 Å². The van der Waals surface area contributed by atoms with E-state index in [9.17, 15) is 4.79 Å². The number of anilines is 1. The number of ether oxygens (including phenoxy) is 1. The van der Waals surface area contributed by atoms with Gasteiger partial charge in [0.05, 0.1) is 6.61 Å². The van der Waals surface area contributed by atoms with E-state index in [-0.39, 0.29) is 5.91 Å². The van der Waals surface area contributed by atoms with Gasteiger partial charge in [-0.1, -0.05) is 6.07 Å². The number of amides is 1. The largest absolute Gasteiger partial charge is 0.383 e. The fourth-order valence-corrected chi connectivity index (χ4v) is 1.38. The van der Waals surface area contributed by atoms with Crippen molar-refractivity contribution in [2.75, 3.05) is 25.6 Å². The van der Waals surface area contributed by atoms with Crippen LogP contribution in [0, 0.1) is 6.92 Å². The molecule has 0 saturated heterocycles. The normalized spacial score (nSPS) is 10.1. The molecule has 5 heteroatoms. The lowest BCUT2D eigenvalue weighted by Gasteiger charge is -2.09. The van der Waals surface area contributed by atoms with Crippen LogP contribution in [0.1, 0.15) is 18.2 Å². The van der Waals surface area contributed by atoms with Gasteiger partial charge in [-0.25, -0.2) is 4.98 Å². The van der Waals surface area contributed by atoms with Crippen LogP contribution in [0.3, 0.4) is 0 Å². The van der Waals surface area contributed by atoms with Crippen LogP contribution < -0.4 is 10.6 Å². The Morgan fingerprint density at radius 3 is 2.82 bits per heavy atom. The Morgan fingerprint density at radius 1 is 1.47 bits per heavy atom. The van der Waals surface area contributed by atoms with Gasteiger partial charge in [-0.15, -0.1) is 0 Å². The number of nitrogens with zero attached hydrogens (tertiary/aromatic N) is 1. The molecule has 2 N–H and O–H groups in total. The minimum Gasteiger partial charge on any atom is -0.383 e. The smallest absolute Gasteiger partial charge is 0.217 e. The van der Waals surface area contributed by atoms with Crippen LogP contribution in [0.5, 0.6) is 0 Å². The zero-order valence-corrected chi connectivity index (χ0v) is 10.5. The second-order valence-corrected chi connectivity index (χ2v) is 3.77. The fourth-order valence-electron chi connectivity index (χ4n) is 1.38. The quantitative estimate of drug-likeness (QED) is 0.727. The highest BCUT2D eigenvalue weighted by molar-refractivity contribution is 5.72. The van der Waals surface area contributed by atoms with Gasteiger partial charge in [0.25, 0.3) is 0 Å². The summed E-state index contributed by atoms with van der Waals surface area (Å²) >= 11 is 0. The minimum absolute atomic E-state index is 0.0355. The first-order valence-electron chi connectivity index (χ1n) is 5.57. The molecular formula is C12H19N3O2. The van der Waals surface area contributed by atoms with Gasteiger partial charge in [0.15, 0.2) is 0 Å². The van der Waals surface area contributed by atoms with Crippen molar-refractivity contribution in [2.24, 2.45) is 0 Å². The second kappa shape index (κ2) is 6.85. The van der Waals surface area contributed by atoms with Crippen LogP contribution in [0.25, 0.3) is 0 Å². The van der Waals surface area contributed by atoms with Gasteiger partial charge in [0.2, 0.25) is 5.91 Å². The third-order valence-corrected chi connectivity index (χ3v) is 2.34. The van der Waals surface area contributed by atoms with Gasteiger partial charge in [-0.3, -0.25) is 4.79 Å². The third kappa shape index (κ3) is 4.82. The van der Waals surface area contributed by atoms with Crippen LogP contribution in [0.15, 0.2) is 12.1 Å². The summed E-state index contributed by atoms with van der Waals surface area (Å²) < 4.78 is 4.94. The number of aryl methyl sites for hydroxylation is 1. The third-order valence-electron chi connectivity index (χ3n) is 2.34. The summed E-state index contributed by atoms with van der Waals surface area (Å²) in [6.07, 6.45) is 0. The molecule has 1 rings (SSSR count). The standard InChI is InChI=1S/C12H19N3O2/c1-9-11(8-14-10(2)16)4-5-12(15-9)13-6-7-17-3/h4-5H,6-8H2,1-3H3,(H,13,15)(H,14,16). The summed E-state index contributed by atoms with van der Waals surface area (Å²) in [5.41, 5.74) is 1.94. The first-order chi connectivity index (χ1) is 8.13. The maximum Gasteiger partial charge on any atom is 0.217 e. The van der Waals surface area contributed by atoms with Gasteiger partial charge >= 0.3 is 0 Å². The van der Waals surface area contributed by atoms with Crippen molar-refractivity contribution >= 4 is 11.7 Å². The number of carbonyl (C=O) groups excluding carboxylic acids is 1. The predicted molar refractivity (Wildman–Crippen MR) is 66.9 cm³/mol. The van der Waals surface area contributed by atoms with E-state index in [1.807, 2.05) is 19.1 Å². The number of rotatable bonds is 6. The first kappa shape index (κ1) is 13.4. The lowest BCUT2D eigenvalue weighted by atomic mass is 10.2. The maximum atomic E-state index is 10.8. The average Bonchev–Trinajstić information content (AvgIpc) is 2.28. The number of nitrogens with one attached hydrogen (secondary N) is 2. The summed E-state index contributed by atoms with van der Waals surface area (Å²) in [5, 5.41) is 5.91. The highest BCUT2D eigenvalue weighted by Crippen LogP contribution is 2.10. The van der Waals surface area contributed by atoms with E-state index >= 15 is 0 Å². The number of aromatic nitrogens is 1. The van der Waals surface area contributed by atoms with Crippen LogP contribution in [0.4, 0.5) is 5.82 Å². The van der Waals surface area contributed by atoms with Gasteiger partial charge in [-0.2, -0.15) is 0 Å². The molecule has 0 aliphatic carbocycles. The molecule has 0 radical (unpaired) electrons. The Morgan fingerprint density at radius 2 is 2.24 bits per heavy atom. The predicted octanol–water partition coefficient (Wildman–Crippen LogP) is 1.08. The Bertz CT molecular complexity index is 380. The molecular weight excluding hydrogens is 218 g/mol. The van der Waals surface area contributed by atoms with Crippen molar-refractivity contribution in [3.05, 3.63) is 23.4 Å². The summed E-state index contributed by atoms with van der Waals surface area (Å²) in [6, 6.07) is 3.87. The first-order valence-corrected chi connectivity index (χ1v) is 5.57. The van der Waals surface area contributed by atoms with Gasteiger partial charge in [0, 0.05) is 32.8 Å². The van der Waals surface area contributed by atoms with E-state index in [2.05, 4.69) is 15.6 Å². The molecule has 0 aliphatic rings. The summed E-state index contributed by atoms with van der Waals surface area (Å²) in [5.74, 6) is 0.790. The van der Waals surface area contributed by atoms with E-state index in [0.29, 0.717) is 13.2 Å². The molecule has 0 atom stereocenters. The van der Waals surface area contributed by atoms with Crippen molar-refractivity contribution < 1.29 is 9.53 Å². The van der Waals surface area contributed by atoms with Crippen LogP contribution in [0.2, 0.25) is 0 Å². The Balaban J connectivity index is 2.56. The van der Waals surface area contributed by atoms with E-state index in [1.165, 1.54) is 6.92 Å². The van der Waals surface area contributed by atoms with Crippen molar-refractivity contribution in [1.29, 1.82) is 0 Å². The highest BCUT2D eigenvalue weighted by Gasteiger charge is 2.02. The van der Waals surface area contributed by atoms with Crippen molar-refractivity contribution in [1.82, 2.24) is 10.3 Å². The number of carbonyl (C=O) groups is 1. The SMILES string of the molecule is COCCNc1ccc(CNC(C)=O)c(C)n1. The molecule has 0 aromatic carbocycles.